The van der Waals surface area contributed by atoms with Crippen LogP contribution in [0.15, 0.2) is 12.2 Å². The van der Waals surface area contributed by atoms with Gasteiger partial charge in [-0.3, -0.25) is 0 Å². The molecule has 0 aromatic heterocycles. The first-order valence-corrected chi connectivity index (χ1v) is 3.89. The van der Waals surface area contributed by atoms with Crippen molar-refractivity contribution in [2.75, 3.05) is 0 Å². The summed E-state index contributed by atoms with van der Waals surface area (Å²) in [6.45, 7) is 4.15. The number of nitrogens with zero attached hydrogens (tertiary/aromatic N) is 1. The molecule has 1 heteroatoms. The van der Waals surface area contributed by atoms with E-state index in [0.717, 1.165) is 19.3 Å². The van der Waals surface area contributed by atoms with E-state index in [1.54, 1.807) is 0 Å². The van der Waals surface area contributed by atoms with Gasteiger partial charge in [0.25, 0.3) is 0 Å². The van der Waals surface area contributed by atoms with Crippen LogP contribution in [-0.4, -0.2) is 0 Å². The highest BCUT2D eigenvalue weighted by molar-refractivity contribution is 4.90. The Hall–Kier alpha value is -0.770. The fourth-order valence-electron chi connectivity index (χ4n) is 0.738. The maximum atomic E-state index is 8.54. The second kappa shape index (κ2) is 6.35. The van der Waals surface area contributed by atoms with Gasteiger partial charge >= 0.3 is 0 Å². The molecule has 0 aromatic carbocycles. The maximum Gasteiger partial charge on any atom is 0.0658 e. The van der Waals surface area contributed by atoms with Gasteiger partial charge < -0.3 is 0 Å². The second-order valence-corrected chi connectivity index (χ2v) is 2.35. The topological polar surface area (TPSA) is 23.8 Å². The molecule has 0 aromatic rings. The van der Waals surface area contributed by atoms with Gasteiger partial charge in [-0.05, 0) is 19.3 Å². The molecule has 0 aliphatic rings. The van der Waals surface area contributed by atoms with Crippen molar-refractivity contribution in [3.05, 3.63) is 12.2 Å². The average Bonchev–Trinajstić information content (AvgIpc) is 1.99. The summed E-state index contributed by atoms with van der Waals surface area (Å²) < 4.78 is 0. The quantitative estimate of drug-likeness (QED) is 0.546. The highest BCUT2D eigenvalue weighted by atomic mass is 14.3. The van der Waals surface area contributed by atoms with Crippen molar-refractivity contribution in [3.8, 4) is 6.07 Å². The first-order valence-electron chi connectivity index (χ1n) is 3.89. The Morgan fingerprint density at radius 2 is 2.10 bits per heavy atom. The Morgan fingerprint density at radius 3 is 2.50 bits per heavy atom. The molecular formula is C9H15N. The third-order valence-electron chi connectivity index (χ3n) is 1.50. The zero-order valence-electron chi connectivity index (χ0n) is 6.80. The first-order chi connectivity index (χ1) is 4.85. The Balaban J connectivity index is 3.46. The molecule has 0 rings (SSSR count). The van der Waals surface area contributed by atoms with Crippen LogP contribution in [0.2, 0.25) is 0 Å². The predicted octanol–water partition coefficient (Wildman–Crippen LogP) is 2.89. The summed E-state index contributed by atoms with van der Waals surface area (Å²) in [5.74, 6) is 0.225. The lowest BCUT2D eigenvalue weighted by atomic mass is 10.0. The molecule has 1 nitrogen and oxygen atoms in total. The van der Waals surface area contributed by atoms with Gasteiger partial charge in [0.2, 0.25) is 0 Å². The van der Waals surface area contributed by atoms with Crippen molar-refractivity contribution in [1.29, 1.82) is 5.26 Å². The molecule has 0 saturated heterocycles. The van der Waals surface area contributed by atoms with Gasteiger partial charge in [-0.25, -0.2) is 0 Å². The van der Waals surface area contributed by atoms with Gasteiger partial charge in [0.15, 0.2) is 0 Å². The van der Waals surface area contributed by atoms with Crippen molar-refractivity contribution in [2.24, 2.45) is 5.92 Å². The first kappa shape index (κ1) is 9.23. The maximum absolute atomic E-state index is 8.54. The molecule has 0 radical (unpaired) electrons. The Bertz CT molecular complexity index is 130. The highest BCUT2D eigenvalue weighted by Crippen LogP contribution is 2.06. The molecule has 0 saturated carbocycles. The van der Waals surface area contributed by atoms with Crippen LogP contribution in [0.4, 0.5) is 0 Å². The summed E-state index contributed by atoms with van der Waals surface area (Å²) in [6.07, 6.45) is 7.16. The van der Waals surface area contributed by atoms with Crippen LogP contribution in [0.3, 0.4) is 0 Å². The van der Waals surface area contributed by atoms with Crippen molar-refractivity contribution in [2.45, 2.75) is 33.1 Å². The average molecular weight is 137 g/mol. The van der Waals surface area contributed by atoms with E-state index in [2.05, 4.69) is 25.1 Å². The van der Waals surface area contributed by atoms with Crippen molar-refractivity contribution in [3.63, 3.8) is 0 Å². The summed E-state index contributed by atoms with van der Waals surface area (Å²) in [5.41, 5.74) is 0. The highest BCUT2D eigenvalue weighted by Gasteiger charge is 1.98. The Morgan fingerprint density at radius 1 is 1.40 bits per heavy atom. The molecule has 0 N–H and O–H groups in total. The number of hydrogen-bond donors (Lipinski definition) is 0. The monoisotopic (exact) mass is 137 g/mol. The fourth-order valence-corrected chi connectivity index (χ4v) is 0.738. The molecule has 0 aliphatic heterocycles. The molecule has 10 heavy (non-hydrogen) atoms. The van der Waals surface area contributed by atoms with Gasteiger partial charge in [0, 0.05) is 5.92 Å². The zero-order chi connectivity index (χ0) is 7.82. The van der Waals surface area contributed by atoms with Crippen LogP contribution < -0.4 is 0 Å². The Kier molecular flexibility index (Phi) is 5.86. The van der Waals surface area contributed by atoms with Crippen LogP contribution in [0.1, 0.15) is 33.1 Å². The minimum Gasteiger partial charge on any atom is -0.198 e. The number of allylic oxidation sites excluding steroid dienone is 2. The van der Waals surface area contributed by atoms with Crippen molar-refractivity contribution in [1.82, 2.24) is 0 Å². The molecule has 0 heterocycles. The number of nitriles is 1. The lowest BCUT2D eigenvalue weighted by molar-refractivity contribution is 0.651. The smallest absolute Gasteiger partial charge is 0.0658 e. The van der Waals surface area contributed by atoms with Crippen molar-refractivity contribution >= 4 is 0 Å². The SMILES string of the molecule is CC/C=C\CC(C#N)CC. The summed E-state index contributed by atoms with van der Waals surface area (Å²) in [4.78, 5) is 0. The molecular weight excluding hydrogens is 122 g/mol. The van der Waals surface area contributed by atoms with Crippen LogP contribution >= 0.6 is 0 Å². The van der Waals surface area contributed by atoms with Crippen LogP contribution in [0.25, 0.3) is 0 Å². The van der Waals surface area contributed by atoms with E-state index in [1.807, 2.05) is 6.92 Å². The summed E-state index contributed by atoms with van der Waals surface area (Å²) in [7, 11) is 0. The third-order valence-corrected chi connectivity index (χ3v) is 1.50. The standard InChI is InChI=1S/C9H15N/c1-3-5-6-7-9(4-2)8-10/h5-6,9H,3-4,7H2,1-2H3/b6-5-. The van der Waals surface area contributed by atoms with Gasteiger partial charge in [0.1, 0.15) is 0 Å². The zero-order valence-corrected chi connectivity index (χ0v) is 6.80. The van der Waals surface area contributed by atoms with E-state index in [0.29, 0.717) is 0 Å². The van der Waals surface area contributed by atoms with Gasteiger partial charge in [-0.15, -0.1) is 0 Å². The molecule has 0 amide bonds. The molecule has 0 spiro atoms. The van der Waals surface area contributed by atoms with E-state index in [-0.39, 0.29) is 5.92 Å². The molecule has 0 bridgehead atoms. The van der Waals surface area contributed by atoms with E-state index in [1.165, 1.54) is 0 Å². The summed E-state index contributed by atoms with van der Waals surface area (Å²) in [6, 6.07) is 2.26. The normalized spacial score (nSPS) is 13.3. The predicted molar refractivity (Wildman–Crippen MR) is 43.4 cm³/mol. The molecule has 0 fully saturated rings. The van der Waals surface area contributed by atoms with Crippen LogP contribution in [-0.2, 0) is 0 Å². The van der Waals surface area contributed by atoms with E-state index >= 15 is 0 Å². The van der Waals surface area contributed by atoms with E-state index < -0.39 is 0 Å². The van der Waals surface area contributed by atoms with Gasteiger partial charge in [0.05, 0.1) is 6.07 Å². The molecule has 1 unspecified atom stereocenters. The summed E-state index contributed by atoms with van der Waals surface area (Å²) in [5, 5.41) is 8.54. The van der Waals surface area contributed by atoms with E-state index in [4.69, 9.17) is 5.26 Å². The van der Waals surface area contributed by atoms with Gasteiger partial charge in [-0.2, -0.15) is 5.26 Å². The summed E-state index contributed by atoms with van der Waals surface area (Å²) >= 11 is 0. The second-order valence-electron chi connectivity index (χ2n) is 2.35. The fraction of sp³-hybridized carbons (Fsp3) is 0.667. The van der Waals surface area contributed by atoms with Crippen LogP contribution in [0.5, 0.6) is 0 Å². The lowest BCUT2D eigenvalue weighted by Crippen LogP contribution is -1.90. The molecule has 0 aliphatic carbocycles. The van der Waals surface area contributed by atoms with E-state index in [9.17, 15) is 0 Å². The molecule has 1 atom stereocenters. The van der Waals surface area contributed by atoms with Gasteiger partial charge in [-0.1, -0.05) is 26.0 Å². The van der Waals surface area contributed by atoms with Crippen molar-refractivity contribution < 1.29 is 0 Å². The number of hydrogen-bond acceptors (Lipinski definition) is 1. The lowest BCUT2D eigenvalue weighted by Gasteiger charge is -1.98. The number of rotatable bonds is 4. The minimum atomic E-state index is 0.225. The molecule has 56 valence electrons. The largest absolute Gasteiger partial charge is 0.198 e. The Labute approximate surface area is 63.4 Å². The van der Waals surface area contributed by atoms with Crippen LogP contribution in [0, 0.1) is 17.2 Å². The minimum absolute atomic E-state index is 0.225. The third kappa shape index (κ3) is 4.14.